The van der Waals surface area contributed by atoms with Crippen LogP contribution in [0.4, 0.5) is 5.69 Å². The zero-order valence-electron chi connectivity index (χ0n) is 15.0. The van der Waals surface area contributed by atoms with E-state index in [0.29, 0.717) is 0 Å². The van der Waals surface area contributed by atoms with Gasteiger partial charge in [-0.15, -0.1) is 0 Å². The molecule has 1 unspecified atom stereocenters. The first-order valence-electron chi connectivity index (χ1n) is 9.33. The van der Waals surface area contributed by atoms with Gasteiger partial charge in [-0.25, -0.2) is 5.48 Å². The van der Waals surface area contributed by atoms with Gasteiger partial charge in [0.05, 0.1) is 5.92 Å². The third-order valence-corrected chi connectivity index (χ3v) is 4.93. The molecule has 5 nitrogen and oxygen atoms in total. The van der Waals surface area contributed by atoms with E-state index in [1.54, 1.807) is 5.48 Å². The lowest BCUT2D eigenvalue weighted by Gasteiger charge is -2.26. The first-order chi connectivity index (χ1) is 12.8. The molecule has 2 aromatic carbocycles. The van der Waals surface area contributed by atoms with E-state index in [1.807, 2.05) is 54.6 Å². The molecule has 1 amide bonds. The Balaban J connectivity index is 1.68. The van der Waals surface area contributed by atoms with E-state index >= 15 is 0 Å². The first kappa shape index (κ1) is 18.4. The zero-order chi connectivity index (χ0) is 18.2. The fourth-order valence-corrected chi connectivity index (χ4v) is 3.57. The molecule has 0 radical (unpaired) electrons. The smallest absolute Gasteiger partial charge is 0.255 e. The number of piperidine rings is 1. The SMILES string of the molecule is O=C(NO)C(c1ccccc1)c1cccc(NCCN2CCCCC2)c1. The van der Waals surface area contributed by atoms with Crippen LogP contribution in [-0.4, -0.2) is 42.2 Å². The molecule has 1 aliphatic heterocycles. The molecular formula is C21H27N3O2. The van der Waals surface area contributed by atoms with Crippen LogP contribution in [0.3, 0.4) is 0 Å². The number of likely N-dealkylation sites (tertiary alicyclic amines) is 1. The van der Waals surface area contributed by atoms with Crippen molar-refractivity contribution in [3.05, 3.63) is 65.7 Å². The highest BCUT2D eigenvalue weighted by Crippen LogP contribution is 2.26. The van der Waals surface area contributed by atoms with Crippen LogP contribution in [0, 0.1) is 0 Å². The fourth-order valence-electron chi connectivity index (χ4n) is 3.57. The van der Waals surface area contributed by atoms with Gasteiger partial charge in [0.2, 0.25) is 0 Å². The lowest BCUT2D eigenvalue weighted by atomic mass is 9.90. The van der Waals surface area contributed by atoms with Crippen LogP contribution in [0.5, 0.6) is 0 Å². The normalized spacial score (nSPS) is 16.0. The molecule has 0 aromatic heterocycles. The van der Waals surface area contributed by atoms with E-state index < -0.39 is 11.8 Å². The molecule has 3 N–H and O–H groups in total. The summed E-state index contributed by atoms with van der Waals surface area (Å²) in [7, 11) is 0. The van der Waals surface area contributed by atoms with Crippen molar-refractivity contribution in [3.8, 4) is 0 Å². The summed E-state index contributed by atoms with van der Waals surface area (Å²) in [6.45, 7) is 4.29. The predicted molar refractivity (Wildman–Crippen MR) is 103 cm³/mol. The maximum Gasteiger partial charge on any atom is 0.255 e. The summed E-state index contributed by atoms with van der Waals surface area (Å²) in [4.78, 5) is 14.7. The predicted octanol–water partition coefficient (Wildman–Crippen LogP) is 3.22. The van der Waals surface area contributed by atoms with E-state index in [2.05, 4.69) is 10.2 Å². The summed E-state index contributed by atoms with van der Waals surface area (Å²) in [6.07, 6.45) is 3.94. The molecule has 1 saturated heterocycles. The Labute approximate surface area is 155 Å². The number of amides is 1. The maximum absolute atomic E-state index is 12.3. The topological polar surface area (TPSA) is 64.6 Å². The minimum absolute atomic E-state index is 0.429. The van der Waals surface area contributed by atoms with Gasteiger partial charge in [-0.2, -0.15) is 0 Å². The van der Waals surface area contributed by atoms with Crippen molar-refractivity contribution in [1.29, 1.82) is 0 Å². The second kappa shape index (κ2) is 9.36. The number of carbonyl (C=O) groups is 1. The van der Waals surface area contributed by atoms with Crippen molar-refractivity contribution in [2.45, 2.75) is 25.2 Å². The monoisotopic (exact) mass is 353 g/mol. The number of anilines is 1. The molecule has 5 heteroatoms. The summed E-state index contributed by atoms with van der Waals surface area (Å²) in [5, 5.41) is 12.6. The Kier molecular flexibility index (Phi) is 6.63. The molecule has 0 aliphatic carbocycles. The highest BCUT2D eigenvalue weighted by atomic mass is 16.5. The van der Waals surface area contributed by atoms with E-state index in [9.17, 15) is 4.79 Å². The van der Waals surface area contributed by atoms with Crippen molar-refractivity contribution >= 4 is 11.6 Å². The van der Waals surface area contributed by atoms with Gasteiger partial charge in [0.25, 0.3) is 5.91 Å². The second-order valence-corrected chi connectivity index (χ2v) is 6.77. The Hall–Kier alpha value is -2.37. The molecule has 1 atom stereocenters. The van der Waals surface area contributed by atoms with E-state index in [4.69, 9.17) is 5.21 Å². The zero-order valence-corrected chi connectivity index (χ0v) is 15.0. The van der Waals surface area contributed by atoms with Crippen LogP contribution in [0.2, 0.25) is 0 Å². The third-order valence-electron chi connectivity index (χ3n) is 4.93. The molecule has 3 rings (SSSR count). The molecular weight excluding hydrogens is 326 g/mol. The van der Waals surface area contributed by atoms with E-state index in [0.717, 1.165) is 29.9 Å². The molecule has 0 spiro atoms. The van der Waals surface area contributed by atoms with E-state index in [1.165, 1.54) is 32.4 Å². The largest absolute Gasteiger partial charge is 0.384 e. The number of benzene rings is 2. The van der Waals surface area contributed by atoms with Gasteiger partial charge < -0.3 is 10.2 Å². The Morgan fingerprint density at radius 1 is 1.00 bits per heavy atom. The summed E-state index contributed by atoms with van der Waals surface area (Å²) >= 11 is 0. The average molecular weight is 353 g/mol. The van der Waals surface area contributed by atoms with Crippen LogP contribution in [0.1, 0.15) is 36.3 Å². The Bertz CT molecular complexity index is 699. The maximum atomic E-state index is 12.3. The Morgan fingerprint density at radius 2 is 1.73 bits per heavy atom. The average Bonchev–Trinajstić information content (AvgIpc) is 2.70. The minimum Gasteiger partial charge on any atom is -0.384 e. The molecule has 26 heavy (non-hydrogen) atoms. The molecule has 0 bridgehead atoms. The number of hydroxylamine groups is 1. The summed E-state index contributed by atoms with van der Waals surface area (Å²) in [5.74, 6) is -0.966. The molecule has 2 aromatic rings. The molecule has 1 fully saturated rings. The van der Waals surface area contributed by atoms with Gasteiger partial charge in [0.1, 0.15) is 0 Å². The van der Waals surface area contributed by atoms with Crippen molar-refractivity contribution in [2.24, 2.45) is 0 Å². The quantitative estimate of drug-likeness (QED) is 0.528. The van der Waals surface area contributed by atoms with Crippen LogP contribution in [-0.2, 0) is 4.79 Å². The number of hydrogen-bond acceptors (Lipinski definition) is 4. The highest BCUT2D eigenvalue weighted by Gasteiger charge is 2.22. The van der Waals surface area contributed by atoms with Gasteiger partial charge in [0.15, 0.2) is 0 Å². The summed E-state index contributed by atoms with van der Waals surface area (Å²) in [5.41, 5.74) is 4.50. The lowest BCUT2D eigenvalue weighted by molar-refractivity contribution is -0.129. The third kappa shape index (κ3) is 4.84. The van der Waals surface area contributed by atoms with Crippen LogP contribution < -0.4 is 10.8 Å². The summed E-state index contributed by atoms with van der Waals surface area (Å²) in [6, 6.07) is 17.4. The molecule has 1 heterocycles. The van der Waals surface area contributed by atoms with Gasteiger partial charge in [-0.05, 0) is 49.2 Å². The van der Waals surface area contributed by atoms with Crippen LogP contribution in [0.25, 0.3) is 0 Å². The lowest BCUT2D eigenvalue weighted by Crippen LogP contribution is -2.33. The Morgan fingerprint density at radius 3 is 2.46 bits per heavy atom. The second-order valence-electron chi connectivity index (χ2n) is 6.77. The van der Waals surface area contributed by atoms with Crippen molar-refractivity contribution in [1.82, 2.24) is 10.4 Å². The van der Waals surface area contributed by atoms with Gasteiger partial charge in [0, 0.05) is 18.8 Å². The number of nitrogens with one attached hydrogen (secondary N) is 2. The standard InChI is InChI=1S/C21H27N3O2/c25-21(23-26)20(17-8-3-1-4-9-17)18-10-7-11-19(16-18)22-12-15-24-13-5-2-6-14-24/h1,3-4,7-11,16,20,22,26H,2,5-6,12-15H2,(H,23,25). The molecule has 138 valence electrons. The highest BCUT2D eigenvalue weighted by molar-refractivity contribution is 5.86. The number of nitrogens with zero attached hydrogens (tertiary/aromatic N) is 1. The number of rotatable bonds is 7. The van der Waals surface area contributed by atoms with Crippen molar-refractivity contribution in [3.63, 3.8) is 0 Å². The number of carbonyl (C=O) groups excluding carboxylic acids is 1. The number of hydrogen-bond donors (Lipinski definition) is 3. The van der Waals surface area contributed by atoms with Gasteiger partial charge in [-0.3, -0.25) is 10.0 Å². The van der Waals surface area contributed by atoms with Crippen molar-refractivity contribution in [2.75, 3.05) is 31.5 Å². The molecule has 0 saturated carbocycles. The summed E-state index contributed by atoms with van der Waals surface area (Å²) < 4.78 is 0. The first-order valence-corrected chi connectivity index (χ1v) is 9.33. The van der Waals surface area contributed by atoms with Crippen LogP contribution in [0.15, 0.2) is 54.6 Å². The molecule has 1 aliphatic rings. The van der Waals surface area contributed by atoms with Gasteiger partial charge in [-0.1, -0.05) is 48.9 Å². The van der Waals surface area contributed by atoms with E-state index in [-0.39, 0.29) is 0 Å². The van der Waals surface area contributed by atoms with Crippen molar-refractivity contribution < 1.29 is 10.0 Å². The minimum atomic E-state index is -0.537. The fraction of sp³-hybridized carbons (Fsp3) is 0.381. The van der Waals surface area contributed by atoms with Crippen LogP contribution >= 0.6 is 0 Å². The van der Waals surface area contributed by atoms with Gasteiger partial charge >= 0.3 is 0 Å².